The first-order chi connectivity index (χ1) is 7.65. The Morgan fingerprint density at radius 2 is 2.50 bits per heavy atom. The summed E-state index contributed by atoms with van der Waals surface area (Å²) in [5.74, 6) is 0.478. The number of anilines is 1. The van der Waals surface area contributed by atoms with Crippen LogP contribution in [-0.2, 0) is 0 Å². The Balaban J connectivity index is 1.80. The third-order valence-electron chi connectivity index (χ3n) is 2.91. The van der Waals surface area contributed by atoms with E-state index in [1.54, 1.807) is 0 Å². The number of carbonyl (C=O) groups excluding carboxylic acids is 1. The predicted octanol–water partition coefficient (Wildman–Crippen LogP) is -0.117. The van der Waals surface area contributed by atoms with Crippen LogP contribution in [0.4, 0.5) is 5.82 Å². The van der Waals surface area contributed by atoms with Crippen LogP contribution in [0.1, 0.15) is 29.8 Å². The molecule has 0 spiro atoms. The summed E-state index contributed by atoms with van der Waals surface area (Å²) in [6.45, 7) is 0.592. The molecule has 2 unspecified atom stereocenters. The van der Waals surface area contributed by atoms with E-state index in [0.29, 0.717) is 24.0 Å². The number of carbonyl (C=O) groups is 1. The number of aromatic nitrogens is 2. The third-order valence-corrected chi connectivity index (χ3v) is 2.91. The van der Waals surface area contributed by atoms with Crippen LogP contribution in [0.15, 0.2) is 6.07 Å². The minimum Gasteiger partial charge on any atom is -0.393 e. The Labute approximate surface area is 93.2 Å². The zero-order valence-corrected chi connectivity index (χ0v) is 8.94. The van der Waals surface area contributed by atoms with Gasteiger partial charge in [0.15, 0.2) is 0 Å². The molecular weight excluding hydrogens is 208 g/mol. The summed E-state index contributed by atoms with van der Waals surface area (Å²) in [7, 11) is 0. The smallest absolute Gasteiger partial charge is 0.269 e. The van der Waals surface area contributed by atoms with Crippen molar-refractivity contribution in [3.8, 4) is 0 Å². The van der Waals surface area contributed by atoms with Crippen LogP contribution in [0.25, 0.3) is 0 Å². The molecule has 0 aromatic carbocycles. The van der Waals surface area contributed by atoms with Gasteiger partial charge in [-0.1, -0.05) is 0 Å². The first-order valence-corrected chi connectivity index (χ1v) is 5.42. The summed E-state index contributed by atoms with van der Waals surface area (Å²) in [6.07, 6.45) is 2.36. The van der Waals surface area contributed by atoms with Crippen LogP contribution in [0.5, 0.6) is 0 Å². The summed E-state index contributed by atoms with van der Waals surface area (Å²) in [5.41, 5.74) is 5.77. The van der Waals surface area contributed by atoms with Crippen LogP contribution >= 0.6 is 0 Å². The zero-order valence-electron chi connectivity index (χ0n) is 8.94. The van der Waals surface area contributed by atoms with Gasteiger partial charge in [-0.15, -0.1) is 0 Å². The maximum absolute atomic E-state index is 11.6. The summed E-state index contributed by atoms with van der Waals surface area (Å²) in [6, 6.07) is 1.50. The molecule has 1 aromatic heterocycles. The van der Waals surface area contributed by atoms with Gasteiger partial charge in [0.2, 0.25) is 0 Å². The van der Waals surface area contributed by atoms with Gasteiger partial charge in [-0.2, -0.15) is 5.10 Å². The average Bonchev–Trinajstić information content (AvgIpc) is 2.84. The largest absolute Gasteiger partial charge is 0.393 e. The highest BCUT2D eigenvalue weighted by molar-refractivity contribution is 5.92. The first kappa shape index (κ1) is 10.9. The molecular formula is C10H16N4O2. The van der Waals surface area contributed by atoms with Gasteiger partial charge >= 0.3 is 0 Å². The molecule has 88 valence electrons. The first-order valence-electron chi connectivity index (χ1n) is 5.42. The molecule has 1 amide bonds. The lowest BCUT2D eigenvalue weighted by atomic mass is 10.1. The second-order valence-corrected chi connectivity index (χ2v) is 4.25. The molecule has 0 bridgehead atoms. The fourth-order valence-electron chi connectivity index (χ4n) is 2.02. The van der Waals surface area contributed by atoms with Crippen molar-refractivity contribution in [1.82, 2.24) is 15.5 Å². The molecule has 5 N–H and O–H groups in total. The topological polar surface area (TPSA) is 104 Å². The van der Waals surface area contributed by atoms with Crippen molar-refractivity contribution in [3.05, 3.63) is 11.8 Å². The van der Waals surface area contributed by atoms with E-state index in [1.165, 1.54) is 6.07 Å². The van der Waals surface area contributed by atoms with E-state index in [-0.39, 0.29) is 12.0 Å². The van der Waals surface area contributed by atoms with Gasteiger partial charge in [0.1, 0.15) is 11.5 Å². The van der Waals surface area contributed by atoms with E-state index in [9.17, 15) is 9.90 Å². The molecule has 0 radical (unpaired) electrons. The highest BCUT2D eigenvalue weighted by Crippen LogP contribution is 2.24. The van der Waals surface area contributed by atoms with Gasteiger partial charge in [-0.3, -0.25) is 9.89 Å². The average molecular weight is 224 g/mol. The lowest BCUT2D eigenvalue weighted by Gasteiger charge is -2.09. The summed E-state index contributed by atoms with van der Waals surface area (Å²) in [4.78, 5) is 11.6. The fraction of sp³-hybridized carbons (Fsp3) is 0.600. The molecule has 2 atom stereocenters. The van der Waals surface area contributed by atoms with E-state index in [2.05, 4.69) is 15.5 Å². The number of H-pyrrole nitrogens is 1. The number of nitrogen functional groups attached to an aromatic ring is 1. The lowest BCUT2D eigenvalue weighted by Crippen LogP contribution is -2.28. The minimum atomic E-state index is -0.204. The molecule has 0 saturated heterocycles. The number of nitrogens with one attached hydrogen (secondary N) is 2. The number of nitrogens with zero attached hydrogens (tertiary/aromatic N) is 1. The molecule has 1 aromatic rings. The molecule has 6 nitrogen and oxygen atoms in total. The van der Waals surface area contributed by atoms with Crippen molar-refractivity contribution in [1.29, 1.82) is 0 Å². The maximum Gasteiger partial charge on any atom is 0.269 e. The molecule has 16 heavy (non-hydrogen) atoms. The maximum atomic E-state index is 11.6. The van der Waals surface area contributed by atoms with Crippen LogP contribution in [0, 0.1) is 5.92 Å². The zero-order chi connectivity index (χ0) is 11.5. The predicted molar refractivity (Wildman–Crippen MR) is 58.7 cm³/mol. The number of aliphatic hydroxyl groups excluding tert-OH is 1. The van der Waals surface area contributed by atoms with E-state index in [0.717, 1.165) is 19.3 Å². The van der Waals surface area contributed by atoms with Gasteiger partial charge in [0.05, 0.1) is 6.10 Å². The number of aromatic amines is 1. The SMILES string of the molecule is Nc1cc(C(=O)NCC2CCC(O)C2)[nH]n1. The lowest BCUT2D eigenvalue weighted by molar-refractivity contribution is 0.0940. The van der Waals surface area contributed by atoms with Crippen molar-refractivity contribution in [2.45, 2.75) is 25.4 Å². The monoisotopic (exact) mass is 224 g/mol. The fourth-order valence-corrected chi connectivity index (χ4v) is 2.02. The van der Waals surface area contributed by atoms with Gasteiger partial charge in [0.25, 0.3) is 5.91 Å². The number of hydrogen-bond acceptors (Lipinski definition) is 4. The molecule has 0 aliphatic heterocycles. The minimum absolute atomic E-state index is 0.203. The van der Waals surface area contributed by atoms with E-state index < -0.39 is 0 Å². The van der Waals surface area contributed by atoms with E-state index in [1.807, 2.05) is 0 Å². The normalized spacial score (nSPS) is 24.6. The molecule has 1 aliphatic carbocycles. The van der Waals surface area contributed by atoms with Crippen LogP contribution in [0.2, 0.25) is 0 Å². The van der Waals surface area contributed by atoms with Gasteiger partial charge in [0, 0.05) is 12.6 Å². The van der Waals surface area contributed by atoms with Crippen molar-refractivity contribution >= 4 is 11.7 Å². The van der Waals surface area contributed by atoms with Crippen molar-refractivity contribution in [2.24, 2.45) is 5.92 Å². The quantitative estimate of drug-likeness (QED) is 0.574. The van der Waals surface area contributed by atoms with Gasteiger partial charge in [-0.05, 0) is 25.2 Å². The van der Waals surface area contributed by atoms with Crippen molar-refractivity contribution < 1.29 is 9.90 Å². The summed E-state index contributed by atoms with van der Waals surface area (Å²) in [5, 5.41) is 18.4. The molecule has 2 rings (SSSR count). The Kier molecular flexibility index (Phi) is 3.09. The van der Waals surface area contributed by atoms with Crippen LogP contribution < -0.4 is 11.1 Å². The number of nitrogens with two attached hydrogens (primary N) is 1. The summed E-state index contributed by atoms with van der Waals surface area (Å²) < 4.78 is 0. The number of aliphatic hydroxyl groups is 1. The second-order valence-electron chi connectivity index (χ2n) is 4.25. The van der Waals surface area contributed by atoms with Crippen molar-refractivity contribution in [2.75, 3.05) is 12.3 Å². The Hall–Kier alpha value is -1.56. The highest BCUT2D eigenvalue weighted by atomic mass is 16.3. The molecule has 6 heteroatoms. The Morgan fingerprint density at radius 1 is 1.69 bits per heavy atom. The van der Waals surface area contributed by atoms with Gasteiger partial charge < -0.3 is 16.2 Å². The number of rotatable bonds is 3. The molecule has 1 aliphatic rings. The van der Waals surface area contributed by atoms with Crippen LogP contribution in [-0.4, -0.2) is 33.9 Å². The van der Waals surface area contributed by atoms with Gasteiger partial charge in [-0.25, -0.2) is 0 Å². The number of hydrogen-bond donors (Lipinski definition) is 4. The molecule has 1 fully saturated rings. The van der Waals surface area contributed by atoms with E-state index in [4.69, 9.17) is 5.73 Å². The highest BCUT2D eigenvalue weighted by Gasteiger charge is 2.23. The Bertz CT molecular complexity index is 377. The molecule has 1 saturated carbocycles. The second kappa shape index (κ2) is 4.52. The Morgan fingerprint density at radius 3 is 3.06 bits per heavy atom. The number of amides is 1. The third kappa shape index (κ3) is 2.52. The summed E-state index contributed by atoms with van der Waals surface area (Å²) >= 11 is 0. The van der Waals surface area contributed by atoms with Crippen LogP contribution in [0.3, 0.4) is 0 Å². The van der Waals surface area contributed by atoms with E-state index >= 15 is 0 Å². The standard InChI is InChI=1S/C10H16N4O2/c11-9-4-8(13-14-9)10(16)12-5-6-1-2-7(15)3-6/h4,6-7,15H,1-3,5H2,(H,12,16)(H3,11,13,14). The molecule has 1 heterocycles. The van der Waals surface area contributed by atoms with Crippen molar-refractivity contribution in [3.63, 3.8) is 0 Å².